The minimum absolute atomic E-state index is 0.00131. The Labute approximate surface area is 159 Å². The summed E-state index contributed by atoms with van der Waals surface area (Å²) in [5.41, 5.74) is 2.28. The zero-order chi connectivity index (χ0) is 18.7. The lowest BCUT2D eigenvalue weighted by molar-refractivity contribution is -0.136. The summed E-state index contributed by atoms with van der Waals surface area (Å²) < 4.78 is 11.0. The van der Waals surface area contributed by atoms with Crippen LogP contribution in [0.1, 0.15) is 30.4 Å². The smallest absolute Gasteiger partial charge is 0.263 e. The van der Waals surface area contributed by atoms with Crippen molar-refractivity contribution in [1.29, 1.82) is 0 Å². The standard InChI is InChI=1S/C21H24ClNO3/c1-14-4-9-19(22)20(12-14)26-15(2)21(24)23-11-10-17(13-23)16-5-7-18(25-3)8-6-16/h4-9,12,15,17H,10-11,13H2,1-3H3. The van der Waals surface area contributed by atoms with Gasteiger partial charge in [0, 0.05) is 19.0 Å². The minimum Gasteiger partial charge on any atom is -0.497 e. The summed E-state index contributed by atoms with van der Waals surface area (Å²) in [5.74, 6) is 1.74. The second-order valence-corrected chi connectivity index (χ2v) is 7.14. The van der Waals surface area contributed by atoms with E-state index in [1.165, 1.54) is 5.56 Å². The lowest BCUT2D eigenvalue weighted by Crippen LogP contribution is -2.39. The summed E-state index contributed by atoms with van der Waals surface area (Å²) in [6.45, 7) is 5.20. The van der Waals surface area contributed by atoms with E-state index < -0.39 is 6.10 Å². The molecule has 26 heavy (non-hydrogen) atoms. The van der Waals surface area contributed by atoms with E-state index in [9.17, 15) is 4.79 Å². The number of ether oxygens (including phenoxy) is 2. The van der Waals surface area contributed by atoms with Crippen molar-refractivity contribution in [3.8, 4) is 11.5 Å². The summed E-state index contributed by atoms with van der Waals surface area (Å²) in [4.78, 5) is 14.6. The van der Waals surface area contributed by atoms with E-state index in [0.717, 1.165) is 24.3 Å². The minimum atomic E-state index is -0.566. The van der Waals surface area contributed by atoms with Gasteiger partial charge in [0.15, 0.2) is 6.10 Å². The molecule has 2 aromatic carbocycles. The monoisotopic (exact) mass is 373 g/mol. The van der Waals surface area contributed by atoms with E-state index in [-0.39, 0.29) is 5.91 Å². The first kappa shape index (κ1) is 18.6. The van der Waals surface area contributed by atoms with Gasteiger partial charge in [-0.2, -0.15) is 0 Å². The van der Waals surface area contributed by atoms with Crippen LogP contribution in [0.4, 0.5) is 0 Å². The van der Waals surface area contributed by atoms with Gasteiger partial charge in [-0.3, -0.25) is 4.79 Å². The molecule has 3 rings (SSSR count). The topological polar surface area (TPSA) is 38.8 Å². The van der Waals surface area contributed by atoms with Crippen LogP contribution in [-0.4, -0.2) is 37.1 Å². The molecule has 2 unspecified atom stereocenters. The number of carbonyl (C=O) groups is 1. The Balaban J connectivity index is 1.62. The molecule has 0 aliphatic carbocycles. The Morgan fingerprint density at radius 3 is 2.65 bits per heavy atom. The van der Waals surface area contributed by atoms with Crippen molar-refractivity contribution < 1.29 is 14.3 Å². The van der Waals surface area contributed by atoms with Gasteiger partial charge in [0.1, 0.15) is 11.5 Å². The predicted octanol–water partition coefficient (Wildman–Crippen LogP) is 4.44. The number of nitrogens with zero attached hydrogens (tertiary/aromatic N) is 1. The zero-order valence-corrected chi connectivity index (χ0v) is 16.1. The van der Waals surface area contributed by atoms with Crippen LogP contribution >= 0.6 is 11.6 Å². The third-order valence-electron chi connectivity index (χ3n) is 4.83. The van der Waals surface area contributed by atoms with Gasteiger partial charge in [-0.1, -0.05) is 29.8 Å². The molecule has 0 radical (unpaired) electrons. The van der Waals surface area contributed by atoms with E-state index in [2.05, 4.69) is 12.1 Å². The molecule has 0 N–H and O–H groups in total. The highest BCUT2D eigenvalue weighted by Gasteiger charge is 2.31. The summed E-state index contributed by atoms with van der Waals surface area (Å²) >= 11 is 6.17. The molecule has 2 atom stereocenters. The first-order chi connectivity index (χ1) is 12.5. The lowest BCUT2D eigenvalue weighted by atomic mass is 9.98. The SMILES string of the molecule is COc1ccc(C2CCN(C(=O)C(C)Oc3cc(C)ccc3Cl)C2)cc1. The van der Waals surface area contributed by atoms with Crippen molar-refractivity contribution in [1.82, 2.24) is 4.90 Å². The molecule has 4 nitrogen and oxygen atoms in total. The number of benzene rings is 2. The van der Waals surface area contributed by atoms with Gasteiger partial charge >= 0.3 is 0 Å². The van der Waals surface area contributed by atoms with Crippen LogP contribution in [-0.2, 0) is 4.79 Å². The Hall–Kier alpha value is -2.20. The molecular weight excluding hydrogens is 350 g/mol. The number of aryl methyl sites for hydroxylation is 1. The summed E-state index contributed by atoms with van der Waals surface area (Å²) in [5, 5.41) is 0.521. The number of methoxy groups -OCH3 is 1. The first-order valence-electron chi connectivity index (χ1n) is 8.83. The molecule has 0 aromatic heterocycles. The molecular formula is C21H24ClNO3. The number of hydrogen-bond acceptors (Lipinski definition) is 3. The number of rotatable bonds is 5. The Morgan fingerprint density at radius 1 is 1.23 bits per heavy atom. The molecule has 1 amide bonds. The van der Waals surface area contributed by atoms with Crippen LogP contribution in [0, 0.1) is 6.92 Å². The molecule has 1 saturated heterocycles. The molecule has 1 aliphatic heterocycles. The maximum Gasteiger partial charge on any atom is 0.263 e. The Bertz CT molecular complexity index is 775. The number of halogens is 1. The highest BCUT2D eigenvalue weighted by atomic mass is 35.5. The second kappa shape index (κ2) is 8.00. The molecule has 138 valence electrons. The van der Waals surface area contributed by atoms with Crippen molar-refractivity contribution >= 4 is 17.5 Å². The predicted molar refractivity (Wildman–Crippen MR) is 103 cm³/mol. The van der Waals surface area contributed by atoms with Gasteiger partial charge in [0.2, 0.25) is 0 Å². The van der Waals surface area contributed by atoms with Gasteiger partial charge in [-0.25, -0.2) is 0 Å². The number of carbonyl (C=O) groups excluding carboxylic acids is 1. The molecule has 0 spiro atoms. The molecule has 2 aromatic rings. The number of likely N-dealkylation sites (tertiary alicyclic amines) is 1. The van der Waals surface area contributed by atoms with Crippen LogP contribution < -0.4 is 9.47 Å². The lowest BCUT2D eigenvalue weighted by Gasteiger charge is -2.22. The van der Waals surface area contributed by atoms with Crippen molar-refractivity contribution in [2.24, 2.45) is 0 Å². The molecule has 1 heterocycles. The number of amides is 1. The summed E-state index contributed by atoms with van der Waals surface area (Å²) in [7, 11) is 1.66. The zero-order valence-electron chi connectivity index (χ0n) is 15.4. The van der Waals surface area contributed by atoms with E-state index >= 15 is 0 Å². The third-order valence-corrected chi connectivity index (χ3v) is 5.14. The van der Waals surface area contributed by atoms with E-state index in [0.29, 0.717) is 23.2 Å². The average molecular weight is 374 g/mol. The Morgan fingerprint density at radius 2 is 1.96 bits per heavy atom. The molecule has 5 heteroatoms. The maximum absolute atomic E-state index is 12.8. The third kappa shape index (κ3) is 4.13. The molecule has 1 aliphatic rings. The number of hydrogen-bond donors (Lipinski definition) is 0. The highest BCUT2D eigenvalue weighted by Crippen LogP contribution is 2.30. The van der Waals surface area contributed by atoms with E-state index in [1.54, 1.807) is 20.1 Å². The van der Waals surface area contributed by atoms with E-state index in [4.69, 9.17) is 21.1 Å². The molecule has 1 fully saturated rings. The highest BCUT2D eigenvalue weighted by molar-refractivity contribution is 6.32. The summed E-state index contributed by atoms with van der Waals surface area (Å²) in [6.07, 6.45) is 0.389. The molecule has 0 saturated carbocycles. The van der Waals surface area contributed by atoms with Crippen LogP contribution in [0.3, 0.4) is 0 Å². The fourth-order valence-electron chi connectivity index (χ4n) is 3.31. The van der Waals surface area contributed by atoms with Gasteiger partial charge in [0.05, 0.1) is 12.1 Å². The van der Waals surface area contributed by atoms with Gasteiger partial charge in [0.25, 0.3) is 5.91 Å². The summed E-state index contributed by atoms with van der Waals surface area (Å²) in [6, 6.07) is 13.6. The van der Waals surface area contributed by atoms with Crippen molar-refractivity contribution in [2.75, 3.05) is 20.2 Å². The maximum atomic E-state index is 12.8. The molecule has 0 bridgehead atoms. The van der Waals surface area contributed by atoms with Crippen LogP contribution in [0.15, 0.2) is 42.5 Å². The Kier molecular flexibility index (Phi) is 5.72. The van der Waals surface area contributed by atoms with Crippen molar-refractivity contribution in [2.45, 2.75) is 32.3 Å². The normalized spacial score (nSPS) is 17.8. The second-order valence-electron chi connectivity index (χ2n) is 6.74. The fraction of sp³-hybridized carbons (Fsp3) is 0.381. The van der Waals surface area contributed by atoms with Gasteiger partial charge in [-0.05, 0) is 55.7 Å². The van der Waals surface area contributed by atoms with Gasteiger partial charge < -0.3 is 14.4 Å². The van der Waals surface area contributed by atoms with Gasteiger partial charge in [-0.15, -0.1) is 0 Å². The van der Waals surface area contributed by atoms with Crippen LogP contribution in [0.25, 0.3) is 0 Å². The fourth-order valence-corrected chi connectivity index (χ4v) is 3.47. The average Bonchev–Trinajstić information content (AvgIpc) is 3.14. The van der Waals surface area contributed by atoms with E-state index in [1.807, 2.05) is 36.1 Å². The largest absolute Gasteiger partial charge is 0.497 e. The van der Waals surface area contributed by atoms with Crippen molar-refractivity contribution in [3.63, 3.8) is 0 Å². The van der Waals surface area contributed by atoms with Crippen molar-refractivity contribution in [3.05, 3.63) is 58.6 Å². The first-order valence-corrected chi connectivity index (χ1v) is 9.21. The van der Waals surface area contributed by atoms with Crippen LogP contribution in [0.2, 0.25) is 5.02 Å². The van der Waals surface area contributed by atoms with Crippen LogP contribution in [0.5, 0.6) is 11.5 Å². The quantitative estimate of drug-likeness (QED) is 0.777.